The van der Waals surface area contributed by atoms with E-state index in [1.807, 2.05) is 0 Å². The van der Waals surface area contributed by atoms with Crippen molar-refractivity contribution in [2.45, 2.75) is 60.5 Å². The second-order valence-electron chi connectivity index (χ2n) is 10.3. The third kappa shape index (κ3) is 4.81. The van der Waals surface area contributed by atoms with E-state index in [4.69, 9.17) is 0 Å². The maximum absolute atomic E-state index is 15.4. The number of amides is 1. The molecule has 6 nitrogen and oxygen atoms in total. The molecule has 3 N–H and O–H groups in total. The summed E-state index contributed by atoms with van der Waals surface area (Å²) in [7, 11) is -5.29. The number of anilines is 1. The van der Waals surface area contributed by atoms with Crippen LogP contribution in [0.4, 0.5) is 36.4 Å². The summed E-state index contributed by atoms with van der Waals surface area (Å²) in [6, 6.07) is 10.2. The van der Waals surface area contributed by atoms with E-state index in [9.17, 15) is 44.7 Å². The molecule has 2 aromatic rings. The molecule has 1 heterocycles. The molecule has 1 amide bonds. The van der Waals surface area contributed by atoms with Crippen molar-refractivity contribution in [3.63, 3.8) is 0 Å². The summed E-state index contributed by atoms with van der Waals surface area (Å²) in [6.07, 6.45) is -14.1. The summed E-state index contributed by atoms with van der Waals surface area (Å²) in [5.41, 5.74) is -10.5. The van der Waals surface area contributed by atoms with E-state index in [-0.39, 0.29) is 40.8 Å². The van der Waals surface area contributed by atoms with Crippen LogP contribution in [-0.4, -0.2) is 42.9 Å². The van der Waals surface area contributed by atoms with Crippen LogP contribution in [0.5, 0.6) is 0 Å². The molecule has 1 atom stereocenters. The Balaban J connectivity index is 1.89. The SMILES string of the molecule is CC1(C)CC(=O)Nc2ccc(S(=O)(=O)NC3(C(O)(C(F)(F)F)C(F)(F)F)C=CC(c4ccccc4)=C(F)C3)cc21. The number of fused-ring (bicyclic) bond motifs is 1. The number of hydrogen-bond donors (Lipinski definition) is 3. The molecule has 0 bridgehead atoms. The lowest BCUT2D eigenvalue weighted by Gasteiger charge is -2.47. The van der Waals surface area contributed by atoms with E-state index in [0.717, 1.165) is 18.2 Å². The van der Waals surface area contributed by atoms with Gasteiger partial charge in [-0.05, 0) is 29.3 Å². The monoisotopic (exact) mass is 592 g/mol. The van der Waals surface area contributed by atoms with E-state index >= 15 is 4.39 Å². The third-order valence-corrected chi connectivity index (χ3v) is 8.54. The van der Waals surface area contributed by atoms with Crippen molar-refractivity contribution in [1.29, 1.82) is 0 Å². The number of carbonyl (C=O) groups is 1. The van der Waals surface area contributed by atoms with Crippen LogP contribution in [0.1, 0.15) is 37.8 Å². The fraction of sp³-hybridized carbons (Fsp3) is 0.346. The molecule has 0 fully saturated rings. The van der Waals surface area contributed by atoms with Gasteiger partial charge in [-0.3, -0.25) is 4.79 Å². The minimum Gasteiger partial charge on any atom is -0.372 e. The van der Waals surface area contributed by atoms with Crippen molar-refractivity contribution in [3.05, 3.63) is 77.6 Å². The first-order chi connectivity index (χ1) is 18.2. The van der Waals surface area contributed by atoms with Gasteiger partial charge in [0.1, 0.15) is 11.4 Å². The maximum Gasteiger partial charge on any atom is 0.428 e. The van der Waals surface area contributed by atoms with Crippen LogP contribution in [-0.2, 0) is 20.2 Å². The van der Waals surface area contributed by atoms with E-state index in [1.165, 1.54) is 29.0 Å². The number of allylic oxidation sites excluding steroid dienone is 2. The van der Waals surface area contributed by atoms with Gasteiger partial charge in [-0.15, -0.1) is 0 Å². The molecule has 4 rings (SSSR count). The molecule has 0 saturated carbocycles. The quantitative estimate of drug-likeness (QED) is 0.399. The first kappa shape index (κ1) is 29.7. The van der Waals surface area contributed by atoms with Crippen LogP contribution in [0.25, 0.3) is 5.57 Å². The molecular weight excluding hydrogens is 569 g/mol. The van der Waals surface area contributed by atoms with Crippen LogP contribution in [0.15, 0.2) is 71.4 Å². The van der Waals surface area contributed by atoms with Crippen LogP contribution in [0, 0.1) is 0 Å². The number of sulfonamides is 1. The van der Waals surface area contributed by atoms with Crippen LogP contribution in [0.2, 0.25) is 0 Å². The van der Waals surface area contributed by atoms with Gasteiger partial charge >= 0.3 is 12.4 Å². The Labute approximate surface area is 224 Å². The first-order valence-corrected chi connectivity index (χ1v) is 13.2. The molecule has 1 aliphatic carbocycles. The Kier molecular flexibility index (Phi) is 7.00. The molecular formula is C26H23F7N2O4S. The van der Waals surface area contributed by atoms with E-state index < -0.39 is 56.1 Å². The van der Waals surface area contributed by atoms with Crippen molar-refractivity contribution >= 4 is 27.2 Å². The van der Waals surface area contributed by atoms with Gasteiger partial charge in [0.2, 0.25) is 15.9 Å². The van der Waals surface area contributed by atoms with Gasteiger partial charge in [0.25, 0.3) is 5.60 Å². The third-order valence-electron chi connectivity index (χ3n) is 7.04. The second kappa shape index (κ2) is 9.42. The Morgan fingerprint density at radius 3 is 2.10 bits per heavy atom. The number of hydrogen-bond acceptors (Lipinski definition) is 4. The van der Waals surface area contributed by atoms with Crippen molar-refractivity contribution in [2.75, 3.05) is 5.32 Å². The minimum atomic E-state index is -6.50. The van der Waals surface area contributed by atoms with E-state index in [2.05, 4.69) is 5.32 Å². The van der Waals surface area contributed by atoms with Crippen LogP contribution < -0.4 is 10.0 Å². The van der Waals surface area contributed by atoms with Crippen LogP contribution >= 0.6 is 0 Å². The number of carbonyl (C=O) groups excluding carboxylic acids is 1. The zero-order valence-corrected chi connectivity index (χ0v) is 21.7. The van der Waals surface area contributed by atoms with Crippen molar-refractivity contribution in [1.82, 2.24) is 4.72 Å². The van der Waals surface area contributed by atoms with Crippen molar-refractivity contribution < 1.29 is 49.1 Å². The number of halogens is 7. The molecule has 0 spiro atoms. The standard InChI is InChI=1S/C26H23F7N2O4S/c1-22(2)14-21(36)34-20-9-8-16(12-18(20)22)40(38,39)35-23(24(37,25(28,29)30)26(31,32)33)11-10-17(19(27)13-23)15-6-4-3-5-7-15/h3-12,35,37H,13-14H2,1-2H3,(H,34,36). The van der Waals surface area contributed by atoms with Crippen molar-refractivity contribution in [2.24, 2.45) is 0 Å². The molecule has 2 aromatic carbocycles. The summed E-state index contributed by atoms with van der Waals surface area (Å²) in [4.78, 5) is 11.2. The first-order valence-electron chi connectivity index (χ1n) is 11.7. The molecule has 2 aliphatic rings. The van der Waals surface area contributed by atoms with E-state index in [1.54, 1.807) is 19.9 Å². The van der Waals surface area contributed by atoms with Gasteiger partial charge in [0, 0.05) is 29.5 Å². The summed E-state index contributed by atoms with van der Waals surface area (Å²) < 4.78 is 128. The predicted molar refractivity (Wildman–Crippen MR) is 131 cm³/mol. The molecule has 1 aliphatic heterocycles. The van der Waals surface area contributed by atoms with Crippen molar-refractivity contribution in [3.8, 4) is 0 Å². The second-order valence-corrected chi connectivity index (χ2v) is 12.0. The van der Waals surface area contributed by atoms with Gasteiger partial charge in [0.05, 0.1) is 4.90 Å². The van der Waals surface area contributed by atoms with Gasteiger partial charge in [-0.25, -0.2) is 12.8 Å². The molecule has 0 aromatic heterocycles. The zero-order valence-electron chi connectivity index (χ0n) is 20.9. The molecule has 1 unspecified atom stereocenters. The number of rotatable bonds is 5. The van der Waals surface area contributed by atoms with Gasteiger partial charge in [0.15, 0.2) is 0 Å². The normalized spacial score (nSPS) is 21.7. The molecule has 14 heteroatoms. The summed E-state index contributed by atoms with van der Waals surface area (Å²) in [6.45, 7) is 3.19. The molecule has 0 radical (unpaired) electrons. The molecule has 216 valence electrons. The fourth-order valence-electron chi connectivity index (χ4n) is 4.99. The largest absolute Gasteiger partial charge is 0.428 e. The average Bonchev–Trinajstić information content (AvgIpc) is 2.81. The lowest BCUT2D eigenvalue weighted by molar-refractivity contribution is -0.384. The lowest BCUT2D eigenvalue weighted by Crippen LogP contribution is -2.75. The Hall–Kier alpha value is -3.23. The summed E-state index contributed by atoms with van der Waals surface area (Å²) >= 11 is 0. The van der Waals surface area contributed by atoms with Gasteiger partial charge in [-0.2, -0.15) is 31.1 Å². The topological polar surface area (TPSA) is 95.5 Å². The maximum atomic E-state index is 15.4. The summed E-state index contributed by atoms with van der Waals surface area (Å²) in [5, 5.41) is 12.9. The van der Waals surface area contributed by atoms with Gasteiger partial charge in [-0.1, -0.05) is 56.3 Å². The Bertz CT molecular complexity index is 1500. The number of aliphatic hydroxyl groups is 1. The molecule has 0 saturated heterocycles. The highest BCUT2D eigenvalue weighted by Gasteiger charge is 2.80. The van der Waals surface area contributed by atoms with E-state index in [0.29, 0.717) is 6.08 Å². The smallest absolute Gasteiger partial charge is 0.372 e. The summed E-state index contributed by atoms with van der Waals surface area (Å²) in [5.74, 6) is -1.90. The highest BCUT2D eigenvalue weighted by Crippen LogP contribution is 2.54. The average molecular weight is 593 g/mol. The lowest BCUT2D eigenvalue weighted by atomic mass is 9.72. The highest BCUT2D eigenvalue weighted by atomic mass is 32.2. The molecule has 40 heavy (non-hydrogen) atoms. The number of alkyl halides is 6. The Morgan fingerprint density at radius 1 is 0.950 bits per heavy atom. The van der Waals surface area contributed by atoms with Crippen LogP contribution in [0.3, 0.4) is 0 Å². The number of benzene rings is 2. The minimum absolute atomic E-state index is 0.0796. The zero-order chi connectivity index (χ0) is 29.9. The van der Waals surface area contributed by atoms with Gasteiger partial charge < -0.3 is 10.4 Å². The Morgan fingerprint density at radius 2 is 1.55 bits per heavy atom. The highest BCUT2D eigenvalue weighted by molar-refractivity contribution is 7.89. The fourth-order valence-corrected chi connectivity index (χ4v) is 6.40. The predicted octanol–water partition coefficient (Wildman–Crippen LogP) is 5.52. The number of nitrogens with one attached hydrogen (secondary N) is 2.